The molecule has 3 rings (SSSR count). The van der Waals surface area contributed by atoms with E-state index >= 15 is 0 Å². The standard InChI is InChI=1S/C27H36N4O4S/c1-19(27(3,4)5)30(17-21-12-14-29(15-13-21)20(2)32)26-11-10-24(16-25(26)28)36(35)18-22-6-8-23(9-7-22)31(33)34/h6-11,16,21H,1,12-15,17-18,28H2,2-5H3. The zero-order valence-electron chi connectivity index (χ0n) is 21.5. The Morgan fingerprint density at radius 1 is 1.19 bits per heavy atom. The van der Waals surface area contributed by atoms with Gasteiger partial charge in [-0.15, -0.1) is 0 Å². The number of anilines is 2. The first kappa shape index (κ1) is 27.5. The molecule has 2 aromatic rings. The molecule has 9 heteroatoms. The Morgan fingerprint density at radius 3 is 2.31 bits per heavy atom. The average Bonchev–Trinajstić information content (AvgIpc) is 2.82. The fraction of sp³-hybridized carbons (Fsp3) is 0.444. The van der Waals surface area contributed by atoms with Crippen molar-refractivity contribution in [1.29, 1.82) is 0 Å². The number of non-ortho nitro benzene ring substituents is 1. The Morgan fingerprint density at radius 2 is 1.81 bits per heavy atom. The number of nitro benzene ring substituents is 1. The van der Waals surface area contributed by atoms with Gasteiger partial charge in [0, 0.05) is 61.4 Å². The maximum atomic E-state index is 13.0. The number of nitro groups is 1. The van der Waals surface area contributed by atoms with Gasteiger partial charge < -0.3 is 20.1 Å². The predicted octanol–water partition coefficient (Wildman–Crippen LogP) is 5.11. The van der Waals surface area contributed by atoms with Crippen molar-refractivity contribution >= 4 is 34.1 Å². The predicted molar refractivity (Wildman–Crippen MR) is 145 cm³/mol. The van der Waals surface area contributed by atoms with Gasteiger partial charge in [-0.2, -0.15) is 0 Å². The van der Waals surface area contributed by atoms with Crippen LogP contribution in [-0.2, 0) is 21.7 Å². The van der Waals surface area contributed by atoms with Gasteiger partial charge in [-0.05, 0) is 54.2 Å². The third-order valence-electron chi connectivity index (χ3n) is 6.69. The lowest BCUT2D eigenvalue weighted by Crippen LogP contribution is -2.41. The molecule has 0 aromatic heterocycles. The van der Waals surface area contributed by atoms with Crippen LogP contribution in [-0.4, -0.2) is 39.9 Å². The number of likely N-dealkylation sites (tertiary alicyclic amines) is 1. The van der Waals surface area contributed by atoms with Gasteiger partial charge in [-0.1, -0.05) is 27.4 Å². The van der Waals surface area contributed by atoms with Crippen molar-refractivity contribution in [2.75, 3.05) is 30.3 Å². The summed E-state index contributed by atoms with van der Waals surface area (Å²) >= 11 is -1.35. The van der Waals surface area contributed by atoms with E-state index in [0.29, 0.717) is 16.5 Å². The van der Waals surface area contributed by atoms with Crippen molar-refractivity contribution in [3.63, 3.8) is 0 Å². The van der Waals surface area contributed by atoms with Gasteiger partial charge in [0.25, 0.3) is 5.69 Å². The molecule has 1 unspecified atom stereocenters. The molecule has 36 heavy (non-hydrogen) atoms. The van der Waals surface area contributed by atoms with Gasteiger partial charge >= 0.3 is 0 Å². The molecule has 1 aliphatic heterocycles. The van der Waals surface area contributed by atoms with Crippen LogP contribution in [0.15, 0.2) is 59.6 Å². The van der Waals surface area contributed by atoms with Crippen LogP contribution >= 0.6 is 0 Å². The molecule has 0 radical (unpaired) electrons. The van der Waals surface area contributed by atoms with Crippen molar-refractivity contribution in [3.05, 3.63) is 70.4 Å². The van der Waals surface area contributed by atoms with E-state index in [4.69, 9.17) is 5.73 Å². The maximum Gasteiger partial charge on any atom is 0.269 e. The van der Waals surface area contributed by atoms with E-state index in [-0.39, 0.29) is 22.8 Å². The number of nitrogens with two attached hydrogens (primary N) is 1. The minimum Gasteiger partial charge on any atom is -0.611 e. The van der Waals surface area contributed by atoms with Gasteiger partial charge in [0.15, 0.2) is 4.90 Å². The van der Waals surface area contributed by atoms with E-state index in [1.165, 1.54) is 12.1 Å². The average molecular weight is 513 g/mol. The molecule has 0 spiro atoms. The Kier molecular flexibility index (Phi) is 8.68. The van der Waals surface area contributed by atoms with Gasteiger partial charge in [-0.25, -0.2) is 0 Å². The highest BCUT2D eigenvalue weighted by atomic mass is 32.2. The molecule has 1 atom stereocenters. The molecule has 0 bridgehead atoms. The summed E-state index contributed by atoms with van der Waals surface area (Å²) in [6.07, 6.45) is 1.84. The number of nitrogen functional groups attached to an aromatic ring is 1. The summed E-state index contributed by atoms with van der Waals surface area (Å²) in [5, 5.41) is 10.9. The quantitative estimate of drug-likeness (QED) is 0.227. The van der Waals surface area contributed by atoms with Crippen LogP contribution in [0.3, 0.4) is 0 Å². The number of carbonyl (C=O) groups is 1. The number of hydrogen-bond donors (Lipinski definition) is 1. The van der Waals surface area contributed by atoms with E-state index in [9.17, 15) is 19.5 Å². The Hall–Kier alpha value is -3.04. The monoisotopic (exact) mass is 512 g/mol. The third kappa shape index (κ3) is 6.79. The zero-order chi connectivity index (χ0) is 26.6. The molecule has 0 aliphatic carbocycles. The molecule has 1 fully saturated rings. The maximum absolute atomic E-state index is 13.0. The minimum atomic E-state index is -1.35. The van der Waals surface area contributed by atoms with Crippen LogP contribution in [0.25, 0.3) is 0 Å². The van der Waals surface area contributed by atoms with E-state index < -0.39 is 16.1 Å². The van der Waals surface area contributed by atoms with E-state index in [0.717, 1.165) is 49.4 Å². The topological polar surface area (TPSA) is 116 Å². The lowest BCUT2D eigenvalue weighted by atomic mass is 9.89. The first-order chi connectivity index (χ1) is 16.9. The lowest BCUT2D eigenvalue weighted by Gasteiger charge is -2.39. The van der Waals surface area contributed by atoms with Crippen LogP contribution in [0.2, 0.25) is 0 Å². The number of carbonyl (C=O) groups excluding carboxylic acids is 1. The van der Waals surface area contributed by atoms with Gasteiger partial charge in [0.1, 0.15) is 5.75 Å². The highest BCUT2D eigenvalue weighted by Gasteiger charge is 2.29. The smallest absolute Gasteiger partial charge is 0.269 e. The molecule has 0 saturated carbocycles. The SMILES string of the molecule is C=C(N(CC1CCN(C(C)=O)CC1)c1ccc([S+]([O-])Cc2ccc([N+](=O)[O-])cc2)cc1N)C(C)(C)C. The van der Waals surface area contributed by atoms with E-state index in [1.54, 1.807) is 25.1 Å². The summed E-state index contributed by atoms with van der Waals surface area (Å²) in [6, 6.07) is 11.6. The van der Waals surface area contributed by atoms with Gasteiger partial charge in [0.05, 0.1) is 16.3 Å². The van der Waals surface area contributed by atoms with Crippen LogP contribution in [0.5, 0.6) is 0 Å². The third-order valence-corrected chi connectivity index (χ3v) is 8.07. The molecule has 1 heterocycles. The van der Waals surface area contributed by atoms with Gasteiger partial charge in [0.2, 0.25) is 5.91 Å². The Balaban J connectivity index is 1.78. The number of rotatable bonds is 8. The zero-order valence-corrected chi connectivity index (χ0v) is 22.3. The van der Waals surface area contributed by atoms with E-state index in [2.05, 4.69) is 32.3 Å². The summed E-state index contributed by atoms with van der Waals surface area (Å²) in [4.78, 5) is 26.8. The minimum absolute atomic E-state index is 0.00395. The number of nitrogens with zero attached hydrogens (tertiary/aromatic N) is 3. The molecular weight excluding hydrogens is 476 g/mol. The van der Waals surface area contributed by atoms with Crippen molar-refractivity contribution in [2.24, 2.45) is 11.3 Å². The van der Waals surface area contributed by atoms with Gasteiger partial charge in [-0.3, -0.25) is 14.9 Å². The highest BCUT2D eigenvalue weighted by molar-refractivity contribution is 7.90. The second kappa shape index (κ2) is 11.3. The first-order valence-electron chi connectivity index (χ1n) is 12.1. The number of allylic oxidation sites excluding steroid dienone is 1. The highest BCUT2D eigenvalue weighted by Crippen LogP contribution is 2.37. The summed E-state index contributed by atoms with van der Waals surface area (Å²) in [6.45, 7) is 14.6. The molecule has 1 aliphatic rings. The van der Waals surface area contributed by atoms with Crippen LogP contribution in [0, 0.1) is 21.4 Å². The van der Waals surface area contributed by atoms with Crippen molar-refractivity contribution in [3.8, 4) is 0 Å². The number of benzene rings is 2. The number of amides is 1. The van der Waals surface area contributed by atoms with Crippen LogP contribution in [0.1, 0.15) is 46.1 Å². The summed E-state index contributed by atoms with van der Waals surface area (Å²) < 4.78 is 13.0. The molecule has 1 saturated heterocycles. The van der Waals surface area contributed by atoms with Crippen molar-refractivity contribution < 1.29 is 14.3 Å². The molecule has 1 amide bonds. The molecular formula is C27H36N4O4S. The fourth-order valence-electron chi connectivity index (χ4n) is 4.32. The second-order valence-electron chi connectivity index (χ2n) is 10.4. The first-order valence-corrected chi connectivity index (χ1v) is 13.4. The molecule has 194 valence electrons. The summed E-state index contributed by atoms with van der Waals surface area (Å²) in [5.74, 6) is 0.755. The lowest BCUT2D eigenvalue weighted by molar-refractivity contribution is -0.384. The largest absolute Gasteiger partial charge is 0.611 e. The Labute approximate surface area is 216 Å². The molecule has 2 aromatic carbocycles. The van der Waals surface area contributed by atoms with Crippen LogP contribution < -0.4 is 10.6 Å². The van der Waals surface area contributed by atoms with Crippen molar-refractivity contribution in [1.82, 2.24) is 4.90 Å². The summed E-state index contributed by atoms with van der Waals surface area (Å²) in [5.41, 5.74) is 9.39. The number of piperidine rings is 1. The Bertz CT molecular complexity index is 1110. The number of hydrogen-bond acceptors (Lipinski definition) is 6. The van der Waals surface area contributed by atoms with Crippen LogP contribution in [0.4, 0.5) is 17.1 Å². The molecule has 8 nitrogen and oxygen atoms in total. The summed E-state index contributed by atoms with van der Waals surface area (Å²) in [7, 11) is 0. The fourth-order valence-corrected chi connectivity index (χ4v) is 5.46. The van der Waals surface area contributed by atoms with Crippen molar-refractivity contribution in [2.45, 2.75) is 51.2 Å². The second-order valence-corrected chi connectivity index (χ2v) is 11.8. The molecule has 2 N–H and O–H groups in total. The normalized spacial score (nSPS) is 15.4. The van der Waals surface area contributed by atoms with E-state index in [1.807, 2.05) is 17.0 Å².